The highest BCUT2D eigenvalue weighted by atomic mass is 32.2. The molecule has 0 aromatic heterocycles. The zero-order valence-corrected chi connectivity index (χ0v) is 10.9. The van der Waals surface area contributed by atoms with Gasteiger partial charge < -0.3 is 0 Å². The van der Waals surface area contributed by atoms with E-state index < -0.39 is 0 Å². The maximum absolute atomic E-state index is 4.56. The van der Waals surface area contributed by atoms with E-state index in [9.17, 15) is 0 Å². The van der Waals surface area contributed by atoms with Crippen LogP contribution in [0.3, 0.4) is 0 Å². The smallest absolute Gasteiger partial charge is 0.00875 e. The van der Waals surface area contributed by atoms with Crippen LogP contribution >= 0.6 is 24.4 Å². The Morgan fingerprint density at radius 3 is 2.31 bits per heavy atom. The van der Waals surface area contributed by atoms with Crippen molar-refractivity contribution in [3.63, 3.8) is 0 Å². The zero-order chi connectivity index (χ0) is 10.0. The van der Waals surface area contributed by atoms with Crippen LogP contribution in [-0.2, 0) is 0 Å². The molecule has 0 aromatic rings. The van der Waals surface area contributed by atoms with Gasteiger partial charge in [-0.15, -0.1) is 0 Å². The summed E-state index contributed by atoms with van der Waals surface area (Å²) in [5.74, 6) is 3.92. The van der Waals surface area contributed by atoms with Gasteiger partial charge in [0, 0.05) is 10.5 Å². The number of hydrogen-bond donors (Lipinski definition) is 1. The van der Waals surface area contributed by atoms with E-state index in [-0.39, 0.29) is 0 Å². The number of thioether (sulfide) groups is 1. The molecule has 0 bridgehead atoms. The minimum atomic E-state index is 0.680. The Balaban J connectivity index is 2.15. The van der Waals surface area contributed by atoms with Crippen LogP contribution in [0.2, 0.25) is 0 Å². The molecule has 1 saturated carbocycles. The highest BCUT2D eigenvalue weighted by Gasteiger charge is 2.47. The van der Waals surface area contributed by atoms with Crippen LogP contribution in [0.1, 0.15) is 34.1 Å². The van der Waals surface area contributed by atoms with Crippen molar-refractivity contribution in [2.75, 3.05) is 5.75 Å². The standard InChI is InChI=1S/C11H22S2/c1-5-7(2)6-13-9(4)10-8(3)11(10)12/h7-12H,5-6H2,1-4H3. The summed E-state index contributed by atoms with van der Waals surface area (Å²) in [5.41, 5.74) is 0. The predicted octanol–water partition coefficient (Wildman–Crippen LogP) is 3.72. The molecule has 1 aliphatic rings. The van der Waals surface area contributed by atoms with Crippen molar-refractivity contribution in [1.82, 2.24) is 0 Å². The molecule has 0 amide bonds. The van der Waals surface area contributed by atoms with Crippen molar-refractivity contribution in [3.05, 3.63) is 0 Å². The molecule has 0 heterocycles. The highest BCUT2D eigenvalue weighted by molar-refractivity contribution is 7.99. The summed E-state index contributed by atoms with van der Waals surface area (Å²) in [6.45, 7) is 9.30. The summed E-state index contributed by atoms with van der Waals surface area (Å²) in [7, 11) is 0. The van der Waals surface area contributed by atoms with Crippen molar-refractivity contribution in [3.8, 4) is 0 Å². The first kappa shape index (κ1) is 11.8. The van der Waals surface area contributed by atoms with E-state index in [2.05, 4.69) is 52.1 Å². The topological polar surface area (TPSA) is 0 Å². The van der Waals surface area contributed by atoms with Gasteiger partial charge in [-0.2, -0.15) is 24.4 Å². The Kier molecular flexibility index (Phi) is 4.50. The van der Waals surface area contributed by atoms with Gasteiger partial charge in [-0.25, -0.2) is 0 Å². The second-order valence-electron chi connectivity index (χ2n) is 4.48. The van der Waals surface area contributed by atoms with Gasteiger partial charge in [0.25, 0.3) is 0 Å². The Morgan fingerprint density at radius 2 is 1.92 bits per heavy atom. The molecule has 1 rings (SSSR count). The molecule has 0 aliphatic heterocycles. The van der Waals surface area contributed by atoms with Crippen molar-refractivity contribution in [2.45, 2.75) is 44.6 Å². The first-order chi connectivity index (χ1) is 6.07. The molecule has 0 aromatic carbocycles. The van der Waals surface area contributed by atoms with Crippen LogP contribution in [0, 0.1) is 17.8 Å². The summed E-state index contributed by atoms with van der Waals surface area (Å²) < 4.78 is 0. The average molecular weight is 218 g/mol. The van der Waals surface area contributed by atoms with Crippen molar-refractivity contribution < 1.29 is 0 Å². The minimum absolute atomic E-state index is 0.680. The molecular formula is C11H22S2. The van der Waals surface area contributed by atoms with Gasteiger partial charge in [-0.3, -0.25) is 0 Å². The van der Waals surface area contributed by atoms with Gasteiger partial charge in [0.1, 0.15) is 0 Å². The summed E-state index contributed by atoms with van der Waals surface area (Å²) in [6.07, 6.45) is 1.31. The Hall–Kier alpha value is 0.700. The number of hydrogen-bond acceptors (Lipinski definition) is 2. The average Bonchev–Trinajstić information content (AvgIpc) is 2.70. The normalized spacial score (nSPS) is 37.2. The molecule has 78 valence electrons. The quantitative estimate of drug-likeness (QED) is 0.686. The third kappa shape index (κ3) is 3.09. The lowest BCUT2D eigenvalue weighted by molar-refractivity contribution is 0.632. The summed E-state index contributed by atoms with van der Waals surface area (Å²) in [5, 5.41) is 1.49. The van der Waals surface area contributed by atoms with Crippen LogP contribution in [0.15, 0.2) is 0 Å². The highest BCUT2D eigenvalue weighted by Crippen LogP contribution is 2.49. The van der Waals surface area contributed by atoms with Crippen LogP contribution in [0.25, 0.3) is 0 Å². The molecule has 1 aliphatic carbocycles. The Morgan fingerprint density at radius 1 is 1.38 bits per heavy atom. The minimum Gasteiger partial charge on any atom is -0.175 e. The molecule has 1 fully saturated rings. The maximum atomic E-state index is 4.56. The van der Waals surface area contributed by atoms with Crippen molar-refractivity contribution in [1.29, 1.82) is 0 Å². The van der Waals surface area contributed by atoms with Crippen LogP contribution in [0.5, 0.6) is 0 Å². The fourth-order valence-electron chi connectivity index (χ4n) is 1.72. The molecule has 0 saturated heterocycles. The fourth-order valence-corrected chi connectivity index (χ4v) is 3.97. The van der Waals surface area contributed by atoms with Crippen LogP contribution < -0.4 is 0 Å². The summed E-state index contributed by atoms with van der Waals surface area (Å²) >= 11 is 6.70. The lowest BCUT2D eigenvalue weighted by atomic mass is 10.2. The van der Waals surface area contributed by atoms with E-state index in [4.69, 9.17) is 0 Å². The van der Waals surface area contributed by atoms with E-state index in [1.54, 1.807) is 0 Å². The number of rotatable bonds is 5. The molecule has 0 nitrogen and oxygen atoms in total. The van der Waals surface area contributed by atoms with E-state index >= 15 is 0 Å². The van der Waals surface area contributed by atoms with E-state index in [0.717, 1.165) is 23.0 Å². The van der Waals surface area contributed by atoms with Crippen molar-refractivity contribution in [2.24, 2.45) is 17.8 Å². The molecular weight excluding hydrogens is 196 g/mol. The molecule has 13 heavy (non-hydrogen) atoms. The molecule has 2 heteroatoms. The molecule has 0 spiro atoms. The van der Waals surface area contributed by atoms with E-state index in [1.165, 1.54) is 12.2 Å². The zero-order valence-electron chi connectivity index (χ0n) is 9.16. The first-order valence-electron chi connectivity index (χ1n) is 5.37. The second kappa shape index (κ2) is 4.97. The van der Waals surface area contributed by atoms with Gasteiger partial charge in [-0.05, 0) is 23.5 Å². The lowest BCUT2D eigenvalue weighted by Gasteiger charge is -2.13. The van der Waals surface area contributed by atoms with Gasteiger partial charge in [0.05, 0.1) is 0 Å². The Labute approximate surface area is 92.7 Å². The van der Waals surface area contributed by atoms with Gasteiger partial charge in [0.15, 0.2) is 0 Å². The summed E-state index contributed by atoms with van der Waals surface area (Å²) in [4.78, 5) is 0. The maximum Gasteiger partial charge on any atom is 0.00875 e. The fraction of sp³-hybridized carbons (Fsp3) is 1.00. The monoisotopic (exact) mass is 218 g/mol. The van der Waals surface area contributed by atoms with Crippen LogP contribution in [-0.4, -0.2) is 16.3 Å². The largest absolute Gasteiger partial charge is 0.175 e. The third-order valence-electron chi connectivity index (χ3n) is 3.28. The molecule has 0 radical (unpaired) electrons. The van der Waals surface area contributed by atoms with E-state index in [0.29, 0.717) is 5.25 Å². The summed E-state index contributed by atoms with van der Waals surface area (Å²) in [6, 6.07) is 0. The Bertz CT molecular complexity index is 150. The first-order valence-corrected chi connectivity index (χ1v) is 6.94. The van der Waals surface area contributed by atoms with Gasteiger partial charge in [0.2, 0.25) is 0 Å². The van der Waals surface area contributed by atoms with Crippen LogP contribution in [0.4, 0.5) is 0 Å². The van der Waals surface area contributed by atoms with E-state index in [1.807, 2.05) is 0 Å². The number of thiol groups is 1. The lowest BCUT2D eigenvalue weighted by Crippen LogP contribution is -2.06. The SMILES string of the molecule is CCC(C)CSC(C)C1C(C)C1S. The molecule has 0 N–H and O–H groups in total. The van der Waals surface area contributed by atoms with Gasteiger partial charge >= 0.3 is 0 Å². The second-order valence-corrected chi connectivity index (χ2v) is 6.49. The predicted molar refractivity (Wildman–Crippen MR) is 66.8 cm³/mol. The van der Waals surface area contributed by atoms with Gasteiger partial charge in [-0.1, -0.05) is 34.1 Å². The van der Waals surface area contributed by atoms with Crippen molar-refractivity contribution >= 4 is 24.4 Å². The third-order valence-corrected chi connectivity index (χ3v) is 5.70. The molecule has 5 unspecified atom stereocenters. The molecule has 5 atom stereocenters.